The molecule has 0 aromatic rings. The molecule has 0 radical (unpaired) electrons. The number of carbonyl (C=O) groups excluding carboxylic acids is 2. The summed E-state index contributed by atoms with van der Waals surface area (Å²) in [7, 11) is 1.46. The minimum atomic E-state index is -0.322. The number of hydrogen-bond donors (Lipinski definition) is 0. The second kappa shape index (κ2) is 3.53. The molecule has 0 heterocycles. The van der Waals surface area contributed by atoms with Gasteiger partial charge in [0.2, 0.25) is 0 Å². The molecule has 0 aliphatic heterocycles. The smallest absolute Gasteiger partial charge is 0.312 e. The molecule has 3 atom stereocenters. The Bertz CT molecular complexity index is 294. The molecule has 2 bridgehead atoms. The van der Waals surface area contributed by atoms with Crippen molar-refractivity contribution in [2.45, 2.75) is 6.42 Å². The van der Waals surface area contributed by atoms with Crippen LogP contribution in [0, 0.1) is 17.8 Å². The molecule has 0 N–H and O–H groups in total. The lowest BCUT2D eigenvalue weighted by atomic mass is 9.94. The molecule has 2 aliphatic carbocycles. The maximum absolute atomic E-state index is 11.5. The maximum atomic E-state index is 11.5. The summed E-state index contributed by atoms with van der Waals surface area (Å²) in [6.45, 7) is -0.0371. The first-order valence-electron chi connectivity index (χ1n) is 4.61. The quantitative estimate of drug-likeness (QED) is 0.375. The second-order valence-corrected chi connectivity index (χ2v) is 3.63. The van der Waals surface area contributed by atoms with E-state index in [2.05, 4.69) is 4.74 Å². The average molecular weight is 196 g/mol. The van der Waals surface area contributed by atoms with Gasteiger partial charge in [0, 0.05) is 18.9 Å². The third kappa shape index (κ3) is 1.35. The van der Waals surface area contributed by atoms with Gasteiger partial charge in [-0.1, -0.05) is 12.2 Å². The molecule has 2 aliphatic rings. The van der Waals surface area contributed by atoms with Crippen LogP contribution in [0.3, 0.4) is 0 Å². The molecule has 2 rings (SSSR count). The fraction of sp³-hybridized carbons (Fsp3) is 0.600. The van der Waals surface area contributed by atoms with Gasteiger partial charge < -0.3 is 9.47 Å². The van der Waals surface area contributed by atoms with Crippen molar-refractivity contribution in [1.82, 2.24) is 0 Å². The number of esters is 1. The number of methoxy groups -OCH3 is 1. The van der Waals surface area contributed by atoms with Crippen molar-refractivity contribution >= 4 is 11.8 Å². The number of hydrogen-bond acceptors (Lipinski definition) is 4. The van der Waals surface area contributed by atoms with E-state index in [4.69, 9.17) is 4.74 Å². The highest BCUT2D eigenvalue weighted by Gasteiger charge is 2.47. The fourth-order valence-electron chi connectivity index (χ4n) is 2.10. The van der Waals surface area contributed by atoms with Crippen molar-refractivity contribution in [3.8, 4) is 0 Å². The molecule has 1 fully saturated rings. The monoisotopic (exact) mass is 196 g/mol. The van der Waals surface area contributed by atoms with E-state index in [1.165, 1.54) is 7.11 Å². The van der Waals surface area contributed by atoms with Crippen LogP contribution >= 0.6 is 0 Å². The minimum Gasteiger partial charge on any atom is -0.438 e. The molecular formula is C10H12O4. The van der Waals surface area contributed by atoms with Gasteiger partial charge in [0.05, 0.1) is 5.92 Å². The van der Waals surface area contributed by atoms with E-state index in [1.54, 1.807) is 0 Å². The van der Waals surface area contributed by atoms with Crippen LogP contribution in [0.4, 0.5) is 0 Å². The summed E-state index contributed by atoms with van der Waals surface area (Å²) >= 11 is 0. The van der Waals surface area contributed by atoms with E-state index in [0.717, 1.165) is 0 Å². The third-order valence-corrected chi connectivity index (χ3v) is 2.81. The lowest BCUT2D eigenvalue weighted by molar-refractivity contribution is -0.160. The van der Waals surface area contributed by atoms with Gasteiger partial charge in [-0.3, -0.25) is 9.59 Å². The van der Waals surface area contributed by atoms with Gasteiger partial charge in [0.15, 0.2) is 6.79 Å². The van der Waals surface area contributed by atoms with Crippen LogP contribution in [0.5, 0.6) is 0 Å². The molecule has 4 heteroatoms. The molecule has 0 spiro atoms. The predicted octanol–water partition coefficient (Wildman–Crippen LogP) is 0.525. The number of rotatable bonds is 3. The molecule has 76 valence electrons. The van der Waals surface area contributed by atoms with Crippen LogP contribution in [0.1, 0.15) is 6.42 Å². The van der Waals surface area contributed by atoms with Gasteiger partial charge in [0.1, 0.15) is 5.78 Å². The number of fused-ring (bicyclic) bond motifs is 2. The highest BCUT2D eigenvalue weighted by atomic mass is 16.7. The third-order valence-electron chi connectivity index (χ3n) is 2.81. The summed E-state index contributed by atoms with van der Waals surface area (Å²) in [5.74, 6) is -0.751. The molecule has 4 nitrogen and oxygen atoms in total. The number of Topliss-reactive ketones (excluding diaryl/α,β-unsaturated/α-hetero) is 1. The molecule has 0 saturated heterocycles. The van der Waals surface area contributed by atoms with Crippen molar-refractivity contribution in [2.75, 3.05) is 13.9 Å². The van der Waals surface area contributed by atoms with Crippen LogP contribution < -0.4 is 0 Å². The van der Waals surface area contributed by atoms with Gasteiger partial charge in [0.25, 0.3) is 0 Å². The Hall–Kier alpha value is -1.16. The molecule has 0 aromatic carbocycles. The normalized spacial score (nSPS) is 33.8. The number of ether oxygens (including phenoxy) is 2. The van der Waals surface area contributed by atoms with E-state index in [-0.39, 0.29) is 36.3 Å². The standard InChI is InChI=1S/C10H12O4/c1-13-5-14-10(12)8-4-6-2-3-7(8)9(6)11/h2-3,6-8H,4-5H2,1H3. The fourth-order valence-corrected chi connectivity index (χ4v) is 2.10. The second-order valence-electron chi connectivity index (χ2n) is 3.63. The van der Waals surface area contributed by atoms with Crippen LogP contribution in [0.15, 0.2) is 12.2 Å². The summed E-state index contributed by atoms with van der Waals surface area (Å²) < 4.78 is 9.46. The van der Waals surface area contributed by atoms with Gasteiger partial charge in [-0.2, -0.15) is 0 Å². The lowest BCUT2D eigenvalue weighted by Crippen LogP contribution is -2.23. The van der Waals surface area contributed by atoms with Gasteiger partial charge in [-0.25, -0.2) is 0 Å². The SMILES string of the molecule is COCOC(=O)C1CC2C=CC1C2=O. The first-order chi connectivity index (χ1) is 6.74. The molecular weight excluding hydrogens is 184 g/mol. The summed E-state index contributed by atoms with van der Waals surface area (Å²) in [5.41, 5.74) is 0. The topological polar surface area (TPSA) is 52.6 Å². The van der Waals surface area contributed by atoms with E-state index in [1.807, 2.05) is 12.2 Å². The van der Waals surface area contributed by atoms with E-state index in [0.29, 0.717) is 6.42 Å². The van der Waals surface area contributed by atoms with E-state index >= 15 is 0 Å². The van der Waals surface area contributed by atoms with Crippen molar-refractivity contribution < 1.29 is 19.1 Å². The van der Waals surface area contributed by atoms with Crippen LogP contribution in [0.25, 0.3) is 0 Å². The van der Waals surface area contributed by atoms with E-state index < -0.39 is 0 Å². The summed E-state index contributed by atoms with van der Waals surface area (Å²) in [6.07, 6.45) is 4.30. The van der Waals surface area contributed by atoms with Crippen LogP contribution in [-0.2, 0) is 19.1 Å². The Balaban J connectivity index is 1.98. The van der Waals surface area contributed by atoms with Crippen LogP contribution in [-0.4, -0.2) is 25.7 Å². The summed E-state index contributed by atoms with van der Waals surface area (Å²) in [6, 6.07) is 0. The minimum absolute atomic E-state index is 0.0371. The average Bonchev–Trinajstić information content (AvgIpc) is 2.71. The summed E-state index contributed by atoms with van der Waals surface area (Å²) in [5, 5.41) is 0. The summed E-state index contributed by atoms with van der Waals surface area (Å²) in [4.78, 5) is 22.9. The first kappa shape index (κ1) is 9.40. The molecule has 14 heavy (non-hydrogen) atoms. The molecule has 1 saturated carbocycles. The van der Waals surface area contributed by atoms with Crippen molar-refractivity contribution in [3.05, 3.63) is 12.2 Å². The lowest BCUT2D eigenvalue weighted by Gasteiger charge is -2.14. The highest BCUT2D eigenvalue weighted by molar-refractivity contribution is 5.96. The van der Waals surface area contributed by atoms with Crippen molar-refractivity contribution in [3.63, 3.8) is 0 Å². The zero-order chi connectivity index (χ0) is 10.1. The van der Waals surface area contributed by atoms with Crippen LogP contribution in [0.2, 0.25) is 0 Å². The Morgan fingerprint density at radius 2 is 2.36 bits per heavy atom. The predicted molar refractivity (Wildman–Crippen MR) is 47.2 cm³/mol. The number of carbonyl (C=O) groups is 2. The Labute approximate surface area is 81.9 Å². The zero-order valence-corrected chi connectivity index (χ0v) is 7.93. The zero-order valence-electron chi connectivity index (χ0n) is 7.93. The Morgan fingerprint density at radius 3 is 2.86 bits per heavy atom. The number of allylic oxidation sites excluding steroid dienone is 2. The Morgan fingerprint density at radius 1 is 1.57 bits per heavy atom. The highest BCUT2D eigenvalue weighted by Crippen LogP contribution is 2.40. The van der Waals surface area contributed by atoms with Crippen molar-refractivity contribution in [2.24, 2.45) is 17.8 Å². The molecule has 0 amide bonds. The van der Waals surface area contributed by atoms with Gasteiger partial charge in [-0.15, -0.1) is 0 Å². The largest absolute Gasteiger partial charge is 0.438 e. The van der Waals surface area contributed by atoms with Gasteiger partial charge in [-0.05, 0) is 6.42 Å². The van der Waals surface area contributed by atoms with Gasteiger partial charge >= 0.3 is 5.97 Å². The van der Waals surface area contributed by atoms with E-state index in [9.17, 15) is 9.59 Å². The first-order valence-corrected chi connectivity index (χ1v) is 4.61. The Kier molecular flexibility index (Phi) is 2.37. The maximum Gasteiger partial charge on any atom is 0.312 e. The van der Waals surface area contributed by atoms with Crippen molar-refractivity contribution in [1.29, 1.82) is 0 Å². The molecule has 0 aromatic heterocycles. The number of ketones is 1. The molecule has 3 unspecified atom stereocenters.